The molecule has 0 radical (unpaired) electrons. The van der Waals surface area contributed by atoms with Crippen LogP contribution < -0.4 is 4.90 Å². The number of aryl methyl sites for hydroxylation is 1. The van der Waals surface area contributed by atoms with Crippen LogP contribution in [-0.2, 0) is 14.9 Å². The topological polar surface area (TPSA) is 32.8 Å². The summed E-state index contributed by atoms with van der Waals surface area (Å²) in [6, 6.07) is 15.0. The van der Waals surface area contributed by atoms with Gasteiger partial charge in [-0.15, -0.1) is 0 Å². The Kier molecular flexibility index (Phi) is 5.36. The lowest BCUT2D eigenvalue weighted by atomic mass is 9.72. The van der Waals surface area contributed by atoms with Crippen LogP contribution in [0.2, 0.25) is 0 Å². The van der Waals surface area contributed by atoms with Crippen LogP contribution in [0.4, 0.5) is 10.1 Å². The standard InChI is InChI=1S/C23H27FN2O2/c1-18-2-4-19(5-3-18)23(10-16-28-17-11-23)22(27)26-14-12-25(13-15-26)21-8-6-20(24)7-9-21/h2-9H,10-17H2,1H3. The van der Waals surface area contributed by atoms with Gasteiger partial charge in [0, 0.05) is 45.1 Å². The van der Waals surface area contributed by atoms with Gasteiger partial charge in [-0.1, -0.05) is 29.8 Å². The molecule has 4 nitrogen and oxygen atoms in total. The van der Waals surface area contributed by atoms with Gasteiger partial charge < -0.3 is 14.5 Å². The number of piperazine rings is 1. The van der Waals surface area contributed by atoms with Crippen LogP contribution in [0.3, 0.4) is 0 Å². The molecule has 0 spiro atoms. The second-order valence-electron chi connectivity index (χ2n) is 7.82. The number of rotatable bonds is 3. The van der Waals surface area contributed by atoms with E-state index in [0.29, 0.717) is 26.3 Å². The molecular formula is C23H27FN2O2. The molecule has 2 aromatic rings. The van der Waals surface area contributed by atoms with Crippen molar-refractivity contribution in [1.29, 1.82) is 0 Å². The first-order chi connectivity index (χ1) is 13.6. The van der Waals surface area contributed by atoms with Crippen LogP contribution in [-0.4, -0.2) is 50.2 Å². The van der Waals surface area contributed by atoms with Gasteiger partial charge in [-0.05, 0) is 49.6 Å². The normalized spacial score (nSPS) is 19.5. The zero-order valence-corrected chi connectivity index (χ0v) is 16.4. The first-order valence-corrected chi connectivity index (χ1v) is 10.0. The molecule has 1 amide bonds. The van der Waals surface area contributed by atoms with E-state index < -0.39 is 5.41 Å². The molecule has 0 unspecified atom stereocenters. The van der Waals surface area contributed by atoms with Gasteiger partial charge >= 0.3 is 0 Å². The molecule has 0 N–H and O–H groups in total. The quantitative estimate of drug-likeness (QED) is 0.814. The number of benzene rings is 2. The molecule has 4 rings (SSSR count). The Morgan fingerprint density at radius 3 is 2.14 bits per heavy atom. The molecule has 0 saturated carbocycles. The van der Waals surface area contributed by atoms with E-state index in [2.05, 4.69) is 36.1 Å². The first kappa shape index (κ1) is 18.9. The lowest BCUT2D eigenvalue weighted by Gasteiger charge is -2.43. The summed E-state index contributed by atoms with van der Waals surface area (Å²) in [5, 5.41) is 0. The van der Waals surface area contributed by atoms with Gasteiger partial charge in [0.05, 0.1) is 5.41 Å². The van der Waals surface area contributed by atoms with Crippen LogP contribution >= 0.6 is 0 Å². The van der Waals surface area contributed by atoms with Gasteiger partial charge in [-0.3, -0.25) is 4.79 Å². The van der Waals surface area contributed by atoms with E-state index in [1.54, 1.807) is 12.1 Å². The van der Waals surface area contributed by atoms with E-state index in [1.165, 1.54) is 17.7 Å². The summed E-state index contributed by atoms with van der Waals surface area (Å²) in [6.07, 6.45) is 1.46. The molecule has 0 aromatic heterocycles. The monoisotopic (exact) mass is 382 g/mol. The van der Waals surface area contributed by atoms with Gasteiger partial charge in [0.2, 0.25) is 5.91 Å². The van der Waals surface area contributed by atoms with Crippen molar-refractivity contribution in [1.82, 2.24) is 4.90 Å². The molecule has 2 aliphatic heterocycles. The van der Waals surface area contributed by atoms with Gasteiger partial charge in [0.15, 0.2) is 0 Å². The Hall–Kier alpha value is -2.40. The number of nitrogens with zero attached hydrogens (tertiary/aromatic N) is 2. The summed E-state index contributed by atoms with van der Waals surface area (Å²) in [4.78, 5) is 17.9. The van der Waals surface area contributed by atoms with Crippen molar-refractivity contribution in [3.05, 3.63) is 65.5 Å². The summed E-state index contributed by atoms with van der Waals surface area (Å²) in [5.74, 6) is -0.00414. The number of halogens is 1. The third kappa shape index (κ3) is 3.63. The van der Waals surface area contributed by atoms with Crippen molar-refractivity contribution < 1.29 is 13.9 Å². The smallest absolute Gasteiger partial charge is 0.233 e. The average molecular weight is 382 g/mol. The number of carbonyl (C=O) groups is 1. The van der Waals surface area contributed by atoms with Crippen molar-refractivity contribution >= 4 is 11.6 Å². The van der Waals surface area contributed by atoms with Crippen LogP contribution in [0.1, 0.15) is 24.0 Å². The number of carbonyl (C=O) groups excluding carboxylic acids is 1. The maximum Gasteiger partial charge on any atom is 0.233 e. The molecule has 2 saturated heterocycles. The molecule has 5 heteroatoms. The Labute approximate surface area is 165 Å². The fourth-order valence-electron chi connectivity index (χ4n) is 4.34. The van der Waals surface area contributed by atoms with Crippen molar-refractivity contribution in [2.75, 3.05) is 44.3 Å². The lowest BCUT2D eigenvalue weighted by molar-refractivity contribution is -0.141. The minimum Gasteiger partial charge on any atom is -0.381 e. The van der Waals surface area contributed by atoms with E-state index in [-0.39, 0.29) is 11.7 Å². The zero-order valence-electron chi connectivity index (χ0n) is 16.4. The van der Waals surface area contributed by atoms with Gasteiger partial charge in [-0.2, -0.15) is 0 Å². The Bertz CT molecular complexity index is 806. The first-order valence-electron chi connectivity index (χ1n) is 10.0. The molecule has 0 aliphatic carbocycles. The minimum atomic E-state index is -0.482. The average Bonchev–Trinajstić information content (AvgIpc) is 2.75. The van der Waals surface area contributed by atoms with Crippen molar-refractivity contribution in [3.63, 3.8) is 0 Å². The van der Waals surface area contributed by atoms with E-state index >= 15 is 0 Å². The Morgan fingerprint density at radius 1 is 0.929 bits per heavy atom. The van der Waals surface area contributed by atoms with Crippen molar-refractivity contribution in [2.45, 2.75) is 25.2 Å². The summed E-state index contributed by atoms with van der Waals surface area (Å²) in [6.45, 7) is 6.20. The van der Waals surface area contributed by atoms with E-state index in [4.69, 9.17) is 4.74 Å². The molecule has 2 aliphatic rings. The third-order valence-corrected chi connectivity index (χ3v) is 6.12. The number of ether oxygens (including phenoxy) is 1. The predicted octanol–water partition coefficient (Wildman–Crippen LogP) is 3.53. The highest BCUT2D eigenvalue weighted by Crippen LogP contribution is 2.37. The molecule has 28 heavy (non-hydrogen) atoms. The summed E-state index contributed by atoms with van der Waals surface area (Å²) < 4.78 is 18.8. The molecule has 2 fully saturated rings. The molecule has 2 heterocycles. The summed E-state index contributed by atoms with van der Waals surface area (Å²) >= 11 is 0. The number of hydrogen-bond donors (Lipinski definition) is 0. The van der Waals surface area contributed by atoms with Crippen LogP contribution in [0.15, 0.2) is 48.5 Å². The lowest BCUT2D eigenvalue weighted by Crippen LogP contribution is -2.56. The number of amides is 1. The van der Waals surface area contributed by atoms with Gasteiger partial charge in [0.25, 0.3) is 0 Å². The van der Waals surface area contributed by atoms with Crippen molar-refractivity contribution in [2.24, 2.45) is 0 Å². The van der Waals surface area contributed by atoms with Gasteiger partial charge in [0.1, 0.15) is 5.82 Å². The number of anilines is 1. The molecule has 148 valence electrons. The fourth-order valence-corrected chi connectivity index (χ4v) is 4.34. The molecular weight excluding hydrogens is 355 g/mol. The highest BCUT2D eigenvalue weighted by molar-refractivity contribution is 5.88. The van der Waals surface area contributed by atoms with Gasteiger partial charge in [-0.25, -0.2) is 4.39 Å². The second kappa shape index (κ2) is 7.92. The van der Waals surface area contributed by atoms with E-state index in [9.17, 15) is 9.18 Å². The van der Waals surface area contributed by atoms with E-state index in [1.807, 2.05) is 4.90 Å². The summed E-state index contributed by atoms with van der Waals surface area (Å²) in [7, 11) is 0. The van der Waals surface area contributed by atoms with Crippen LogP contribution in [0, 0.1) is 12.7 Å². The minimum absolute atomic E-state index is 0.221. The maximum absolute atomic E-state index is 13.7. The Morgan fingerprint density at radius 2 is 1.54 bits per heavy atom. The highest BCUT2D eigenvalue weighted by Gasteiger charge is 2.44. The van der Waals surface area contributed by atoms with Crippen molar-refractivity contribution in [3.8, 4) is 0 Å². The molecule has 0 atom stereocenters. The highest BCUT2D eigenvalue weighted by atomic mass is 19.1. The SMILES string of the molecule is Cc1ccc(C2(C(=O)N3CCN(c4ccc(F)cc4)CC3)CCOCC2)cc1. The zero-order chi connectivity index (χ0) is 19.6. The predicted molar refractivity (Wildman–Crippen MR) is 108 cm³/mol. The largest absolute Gasteiger partial charge is 0.381 e. The Balaban J connectivity index is 1.50. The van der Waals surface area contributed by atoms with E-state index in [0.717, 1.165) is 37.2 Å². The molecule has 0 bridgehead atoms. The maximum atomic E-state index is 13.7. The van der Waals surface area contributed by atoms with Crippen LogP contribution in [0.5, 0.6) is 0 Å². The summed E-state index contributed by atoms with van der Waals surface area (Å²) in [5.41, 5.74) is 2.83. The third-order valence-electron chi connectivity index (χ3n) is 6.12. The van der Waals surface area contributed by atoms with Crippen LogP contribution in [0.25, 0.3) is 0 Å². The second-order valence-corrected chi connectivity index (χ2v) is 7.82. The fraction of sp³-hybridized carbons (Fsp3) is 0.435. The molecule has 2 aromatic carbocycles. The number of hydrogen-bond acceptors (Lipinski definition) is 3.